The van der Waals surface area contributed by atoms with Crippen molar-refractivity contribution in [2.24, 2.45) is 0 Å². The minimum Gasteiger partial charge on any atom is -0.349 e. The topological polar surface area (TPSA) is 9.86 Å². The van der Waals surface area contributed by atoms with E-state index < -0.39 is 23.3 Å². The van der Waals surface area contributed by atoms with Crippen molar-refractivity contribution in [3.63, 3.8) is 0 Å². The Labute approximate surface area is 328 Å². The molecule has 0 atom stereocenters. The van der Waals surface area contributed by atoms with Gasteiger partial charge in [-0.15, -0.1) is 35.4 Å². The molecular formula is C46H50F4N2Ti. The van der Waals surface area contributed by atoms with Crippen LogP contribution in [0.3, 0.4) is 0 Å². The molecule has 0 radical (unpaired) electrons. The smallest absolute Gasteiger partial charge is 0.349 e. The van der Waals surface area contributed by atoms with Gasteiger partial charge in [-0.3, -0.25) is 0 Å². The molecule has 276 valence electrons. The van der Waals surface area contributed by atoms with Crippen LogP contribution in [0.5, 0.6) is 0 Å². The standard InChI is InChI=1S/2C18H20F2N.2C5H5.Ti/c2*1-13-11-15-6-4-7-18(15)21(13)10-3-2-5-14-8-9-16(19)12-17(14)20;2*1-2-4-5-3-1;/h2*8-9,11H,2-7,10H2,1H3;2*1-5H;/q4*-1;+4. The first-order chi connectivity index (χ1) is 25.3. The van der Waals surface area contributed by atoms with Gasteiger partial charge in [-0.25, -0.2) is 41.8 Å². The van der Waals surface area contributed by atoms with E-state index in [-0.39, 0.29) is 21.7 Å². The molecule has 8 rings (SSSR count). The fourth-order valence-corrected chi connectivity index (χ4v) is 7.28. The first-order valence-electron chi connectivity index (χ1n) is 18.7. The van der Waals surface area contributed by atoms with Crippen LogP contribution in [0.2, 0.25) is 0 Å². The molecule has 2 nitrogen and oxygen atoms in total. The Morgan fingerprint density at radius 1 is 0.566 bits per heavy atom. The molecule has 2 heterocycles. The van der Waals surface area contributed by atoms with E-state index in [4.69, 9.17) is 0 Å². The van der Waals surface area contributed by atoms with E-state index in [0.717, 1.165) is 38.8 Å². The van der Waals surface area contributed by atoms with Crippen LogP contribution in [0.1, 0.15) is 83.6 Å². The van der Waals surface area contributed by atoms with Gasteiger partial charge in [0.25, 0.3) is 0 Å². The normalized spacial score (nSPS) is 12.3. The molecular weight excluding hydrogens is 704 g/mol. The molecule has 6 aromatic rings. The fourth-order valence-electron chi connectivity index (χ4n) is 7.28. The molecule has 0 spiro atoms. The van der Waals surface area contributed by atoms with Crippen LogP contribution >= 0.6 is 0 Å². The molecule has 2 aliphatic carbocycles. The van der Waals surface area contributed by atoms with Gasteiger partial charge in [0.05, 0.1) is 0 Å². The molecule has 53 heavy (non-hydrogen) atoms. The van der Waals surface area contributed by atoms with Crippen LogP contribution in [0.25, 0.3) is 0 Å². The summed E-state index contributed by atoms with van der Waals surface area (Å²) in [6.45, 7) is 6.31. The van der Waals surface area contributed by atoms with Crippen LogP contribution in [0.4, 0.5) is 17.6 Å². The van der Waals surface area contributed by atoms with Gasteiger partial charge in [0.2, 0.25) is 0 Å². The maximum Gasteiger partial charge on any atom is 4.00 e. The maximum atomic E-state index is 13.5. The molecule has 2 aliphatic rings. The van der Waals surface area contributed by atoms with Gasteiger partial charge >= 0.3 is 21.7 Å². The second-order valence-corrected chi connectivity index (χ2v) is 13.7. The summed E-state index contributed by atoms with van der Waals surface area (Å²) in [6, 6.07) is 34.4. The summed E-state index contributed by atoms with van der Waals surface area (Å²) in [5.41, 5.74) is 9.79. The molecule has 4 aromatic carbocycles. The number of nitrogens with zero attached hydrogens (tertiary/aromatic N) is 2. The third kappa shape index (κ3) is 12.6. The molecule has 0 unspecified atom stereocenters. The van der Waals surface area contributed by atoms with E-state index in [1.165, 1.54) is 96.7 Å². The predicted molar refractivity (Wildman–Crippen MR) is 203 cm³/mol. The number of hydrogen-bond acceptors (Lipinski definition) is 0. The van der Waals surface area contributed by atoms with Crippen molar-refractivity contribution in [2.75, 3.05) is 0 Å². The number of fused-ring (bicyclic) bond motifs is 2. The first-order valence-corrected chi connectivity index (χ1v) is 18.7. The van der Waals surface area contributed by atoms with Gasteiger partial charge in [0.1, 0.15) is 0 Å². The summed E-state index contributed by atoms with van der Waals surface area (Å²) in [5.74, 6) is -2.36. The van der Waals surface area contributed by atoms with Crippen molar-refractivity contribution < 1.29 is 39.3 Å². The Balaban J connectivity index is 0.000000184. The van der Waals surface area contributed by atoms with Crippen LogP contribution in [0, 0.1) is 49.2 Å². The molecule has 0 bridgehead atoms. The van der Waals surface area contributed by atoms with Crippen molar-refractivity contribution >= 4 is 0 Å². The summed E-state index contributed by atoms with van der Waals surface area (Å²) in [4.78, 5) is 0. The van der Waals surface area contributed by atoms with Crippen molar-refractivity contribution in [1.82, 2.24) is 9.13 Å². The van der Waals surface area contributed by atoms with Gasteiger partial charge in [0.15, 0.2) is 0 Å². The average molecular weight is 755 g/mol. The predicted octanol–water partition coefficient (Wildman–Crippen LogP) is 11.6. The van der Waals surface area contributed by atoms with E-state index in [2.05, 4.69) is 47.2 Å². The summed E-state index contributed by atoms with van der Waals surface area (Å²) < 4.78 is 57.4. The number of aromatic nitrogens is 2. The summed E-state index contributed by atoms with van der Waals surface area (Å²) in [6.07, 6.45) is 12.4. The molecule has 0 amide bonds. The number of benzene rings is 2. The minimum absolute atomic E-state index is 0. The largest absolute Gasteiger partial charge is 4.00 e. The Hall–Kier alpha value is -3.87. The van der Waals surface area contributed by atoms with Crippen LogP contribution in [-0.4, -0.2) is 9.13 Å². The van der Waals surface area contributed by atoms with Crippen molar-refractivity contribution in [3.05, 3.63) is 177 Å². The minimum atomic E-state index is -0.630. The van der Waals surface area contributed by atoms with E-state index >= 15 is 0 Å². The number of aryl methyl sites for hydroxylation is 6. The summed E-state index contributed by atoms with van der Waals surface area (Å²) in [5, 5.41) is 0. The first kappa shape index (κ1) is 41.9. The monoisotopic (exact) mass is 754 g/mol. The van der Waals surface area contributed by atoms with Crippen LogP contribution in [0.15, 0.2) is 97.1 Å². The third-order valence-electron chi connectivity index (χ3n) is 9.88. The zero-order chi connectivity index (χ0) is 36.7. The van der Waals surface area contributed by atoms with Gasteiger partial charge in [-0.2, -0.15) is 48.5 Å². The molecule has 7 heteroatoms. The Morgan fingerprint density at radius 2 is 0.962 bits per heavy atom. The number of unbranched alkanes of at least 4 members (excludes halogenated alkanes) is 2. The maximum absolute atomic E-state index is 13.5. The molecule has 0 N–H and O–H groups in total. The van der Waals surface area contributed by atoms with E-state index in [0.29, 0.717) is 24.0 Å². The van der Waals surface area contributed by atoms with E-state index in [9.17, 15) is 17.6 Å². The zero-order valence-electron chi connectivity index (χ0n) is 31.0. The van der Waals surface area contributed by atoms with Gasteiger partial charge < -0.3 is 9.13 Å². The van der Waals surface area contributed by atoms with Crippen LogP contribution < -0.4 is 0 Å². The fraction of sp³-hybridized carbons (Fsp3) is 0.348. The van der Waals surface area contributed by atoms with Gasteiger partial charge in [-0.05, 0) is 88.5 Å². The molecule has 2 aromatic heterocycles. The second-order valence-electron chi connectivity index (χ2n) is 13.7. The quantitative estimate of drug-likeness (QED) is 0.0570. The van der Waals surface area contributed by atoms with Gasteiger partial charge in [0, 0.05) is 59.1 Å². The van der Waals surface area contributed by atoms with Crippen molar-refractivity contribution in [2.45, 2.75) is 104 Å². The number of hydrogen-bond donors (Lipinski definition) is 0. The van der Waals surface area contributed by atoms with Gasteiger partial charge in [-0.1, -0.05) is 25.7 Å². The molecule has 0 saturated carbocycles. The summed E-state index contributed by atoms with van der Waals surface area (Å²) >= 11 is 0. The number of rotatable bonds is 10. The van der Waals surface area contributed by atoms with Crippen molar-refractivity contribution in [3.8, 4) is 0 Å². The third-order valence-corrected chi connectivity index (χ3v) is 9.88. The zero-order valence-corrected chi connectivity index (χ0v) is 32.6. The SMILES string of the molecule is Cc1cc2c(n1CCCCc1ccc(F)[c-]c1F)CCC2.Cc1cc2c(n1CCCCc1ccc(F)[c-]c1F)CCC2.[Ti+4].c1cc[cH-]c1.c1cc[cH-]c1. The molecule has 0 saturated heterocycles. The Morgan fingerprint density at radius 3 is 1.30 bits per heavy atom. The Kier molecular flexibility index (Phi) is 17.2. The van der Waals surface area contributed by atoms with E-state index in [1.54, 1.807) is 0 Å². The van der Waals surface area contributed by atoms with Crippen LogP contribution in [-0.2, 0) is 73.3 Å². The second kappa shape index (κ2) is 21.7. The molecule has 0 fully saturated rings. The number of halogens is 4. The average Bonchev–Trinajstić information content (AvgIpc) is 3.97. The van der Waals surface area contributed by atoms with Crippen molar-refractivity contribution in [1.29, 1.82) is 0 Å². The Bertz CT molecular complexity index is 1740. The molecule has 0 aliphatic heterocycles. The summed E-state index contributed by atoms with van der Waals surface area (Å²) in [7, 11) is 0. The van der Waals surface area contributed by atoms with E-state index in [1.807, 2.05) is 60.7 Å².